The molecule has 0 aliphatic rings. The summed E-state index contributed by atoms with van der Waals surface area (Å²) in [5.41, 5.74) is 1.30. The number of aromatic carboxylic acids is 1. The summed E-state index contributed by atoms with van der Waals surface area (Å²) >= 11 is 7.66. The van der Waals surface area contributed by atoms with E-state index in [0.29, 0.717) is 16.1 Å². The molecule has 0 saturated carbocycles. The minimum atomic E-state index is -0.922. The number of carboxylic acids is 1. The van der Waals surface area contributed by atoms with E-state index in [9.17, 15) is 4.79 Å². The van der Waals surface area contributed by atoms with Crippen molar-refractivity contribution in [3.63, 3.8) is 0 Å². The lowest BCUT2D eigenvalue weighted by Crippen LogP contribution is -2.26. The van der Waals surface area contributed by atoms with Crippen molar-refractivity contribution in [1.82, 2.24) is 9.97 Å². The van der Waals surface area contributed by atoms with Crippen LogP contribution in [0.4, 0.5) is 5.82 Å². The fraction of sp³-hybridized carbons (Fsp3) is 0.389. The molecule has 2 aromatic rings. The van der Waals surface area contributed by atoms with Gasteiger partial charge in [-0.25, -0.2) is 14.8 Å². The second-order valence-corrected chi connectivity index (χ2v) is 6.94. The summed E-state index contributed by atoms with van der Waals surface area (Å²) in [7, 11) is 0. The second kappa shape index (κ2) is 9.63. The number of thioether (sulfide) groups is 1. The minimum absolute atomic E-state index is 0.282. The van der Waals surface area contributed by atoms with Crippen molar-refractivity contribution in [2.24, 2.45) is 0 Å². The second-order valence-electron chi connectivity index (χ2n) is 5.61. The van der Waals surface area contributed by atoms with Gasteiger partial charge in [0.1, 0.15) is 11.0 Å². The molecule has 0 spiro atoms. The molecule has 7 heteroatoms. The average Bonchev–Trinajstić information content (AvgIpc) is 2.59. The first-order valence-corrected chi connectivity index (χ1v) is 9.64. The number of anilines is 1. The Morgan fingerprint density at radius 2 is 1.80 bits per heavy atom. The molecule has 0 saturated heterocycles. The van der Waals surface area contributed by atoms with Crippen LogP contribution in [-0.2, 0) is 5.75 Å². The van der Waals surface area contributed by atoms with Gasteiger partial charge in [0.2, 0.25) is 0 Å². The molecule has 1 aromatic carbocycles. The van der Waals surface area contributed by atoms with E-state index in [1.54, 1.807) is 18.2 Å². The van der Waals surface area contributed by atoms with Gasteiger partial charge in [0.15, 0.2) is 5.16 Å². The Morgan fingerprint density at radius 1 is 1.16 bits per heavy atom. The highest BCUT2D eigenvalue weighted by molar-refractivity contribution is 7.98. The van der Waals surface area contributed by atoms with Crippen LogP contribution in [0.2, 0.25) is 5.15 Å². The third-order valence-corrected chi connectivity index (χ3v) is 4.65. The van der Waals surface area contributed by atoms with Gasteiger partial charge in [-0.3, -0.25) is 0 Å². The van der Waals surface area contributed by atoms with E-state index < -0.39 is 5.97 Å². The number of hydrogen-bond acceptors (Lipinski definition) is 5. The van der Waals surface area contributed by atoms with E-state index in [0.717, 1.165) is 37.3 Å². The van der Waals surface area contributed by atoms with Crippen LogP contribution < -0.4 is 4.90 Å². The number of nitrogens with zero attached hydrogens (tertiary/aromatic N) is 3. The molecule has 1 heterocycles. The highest BCUT2D eigenvalue weighted by Gasteiger charge is 2.11. The zero-order valence-electron chi connectivity index (χ0n) is 14.4. The number of hydrogen-bond donors (Lipinski definition) is 1. The maximum Gasteiger partial charge on any atom is 0.335 e. The summed E-state index contributed by atoms with van der Waals surface area (Å²) < 4.78 is 0. The molecule has 0 bridgehead atoms. The maximum absolute atomic E-state index is 10.9. The number of carbonyl (C=O) groups is 1. The van der Waals surface area contributed by atoms with Gasteiger partial charge in [-0.2, -0.15) is 0 Å². The van der Waals surface area contributed by atoms with Crippen molar-refractivity contribution >= 4 is 35.1 Å². The summed E-state index contributed by atoms with van der Waals surface area (Å²) in [6.45, 7) is 6.15. The SMILES string of the molecule is CCCN(CCC)c1cc(Cl)nc(SCc2ccc(C(=O)O)cc2)n1. The first-order chi connectivity index (χ1) is 12.0. The monoisotopic (exact) mass is 379 g/mol. The highest BCUT2D eigenvalue weighted by atomic mass is 35.5. The molecule has 1 N–H and O–H groups in total. The van der Waals surface area contributed by atoms with Crippen molar-refractivity contribution in [2.45, 2.75) is 37.6 Å². The highest BCUT2D eigenvalue weighted by Crippen LogP contribution is 2.25. The van der Waals surface area contributed by atoms with Crippen LogP contribution in [0, 0.1) is 0 Å². The van der Waals surface area contributed by atoms with Crippen molar-refractivity contribution in [1.29, 1.82) is 0 Å². The maximum atomic E-state index is 10.9. The fourth-order valence-corrected chi connectivity index (χ4v) is 3.42. The Hall–Kier alpha value is -1.79. The minimum Gasteiger partial charge on any atom is -0.478 e. The standard InChI is InChI=1S/C18H22ClN3O2S/c1-3-9-22(10-4-2)16-11-15(19)20-18(21-16)25-12-13-5-7-14(8-6-13)17(23)24/h5-8,11H,3-4,9-10,12H2,1-2H3,(H,23,24). The normalized spacial score (nSPS) is 10.7. The summed E-state index contributed by atoms with van der Waals surface area (Å²) in [4.78, 5) is 22.0. The number of rotatable bonds is 9. The Labute approximate surface area is 157 Å². The smallest absolute Gasteiger partial charge is 0.335 e. The van der Waals surface area contributed by atoms with Crippen molar-refractivity contribution in [2.75, 3.05) is 18.0 Å². The van der Waals surface area contributed by atoms with Crippen LogP contribution in [-0.4, -0.2) is 34.1 Å². The first-order valence-electron chi connectivity index (χ1n) is 8.28. The summed E-state index contributed by atoms with van der Waals surface area (Å²) in [5.74, 6) is 0.586. The van der Waals surface area contributed by atoms with Gasteiger partial charge < -0.3 is 10.0 Å². The summed E-state index contributed by atoms with van der Waals surface area (Å²) in [6, 6.07) is 8.63. The number of halogens is 1. The van der Waals surface area contributed by atoms with Crippen LogP contribution in [0.5, 0.6) is 0 Å². The predicted octanol–water partition coefficient (Wildman–Crippen LogP) is 4.75. The Balaban J connectivity index is 2.09. The summed E-state index contributed by atoms with van der Waals surface area (Å²) in [6.07, 6.45) is 2.08. The average molecular weight is 380 g/mol. The zero-order valence-corrected chi connectivity index (χ0v) is 16.0. The predicted molar refractivity (Wildman–Crippen MR) is 103 cm³/mol. The molecule has 0 fully saturated rings. The third kappa shape index (κ3) is 5.90. The van der Waals surface area contributed by atoms with Crippen molar-refractivity contribution < 1.29 is 9.90 Å². The molecule has 25 heavy (non-hydrogen) atoms. The Bertz CT molecular complexity index is 704. The van der Waals surface area contributed by atoms with Crippen LogP contribution >= 0.6 is 23.4 Å². The van der Waals surface area contributed by atoms with Crippen LogP contribution in [0.25, 0.3) is 0 Å². The van der Waals surface area contributed by atoms with Crippen molar-refractivity contribution in [3.05, 3.63) is 46.6 Å². The van der Waals surface area contributed by atoms with Gasteiger partial charge in [-0.1, -0.05) is 49.3 Å². The quantitative estimate of drug-likeness (QED) is 0.385. The van der Waals surface area contributed by atoms with Gasteiger partial charge in [-0.05, 0) is 30.5 Å². The largest absolute Gasteiger partial charge is 0.478 e. The van der Waals surface area contributed by atoms with E-state index >= 15 is 0 Å². The molecule has 0 unspecified atom stereocenters. The molecule has 134 valence electrons. The van der Waals surface area contributed by atoms with E-state index in [2.05, 4.69) is 28.7 Å². The summed E-state index contributed by atoms with van der Waals surface area (Å²) in [5, 5.41) is 10.0. The zero-order chi connectivity index (χ0) is 18.2. The Morgan fingerprint density at radius 3 is 2.36 bits per heavy atom. The van der Waals surface area contributed by atoms with Gasteiger partial charge in [0, 0.05) is 24.9 Å². The van der Waals surface area contributed by atoms with E-state index in [-0.39, 0.29) is 5.56 Å². The van der Waals surface area contributed by atoms with E-state index in [4.69, 9.17) is 16.7 Å². The van der Waals surface area contributed by atoms with Crippen LogP contribution in [0.3, 0.4) is 0 Å². The first kappa shape index (κ1) is 19.5. The lowest BCUT2D eigenvalue weighted by molar-refractivity contribution is 0.0697. The lowest BCUT2D eigenvalue weighted by Gasteiger charge is -2.22. The molecule has 2 rings (SSSR count). The van der Waals surface area contributed by atoms with Gasteiger partial charge in [0.05, 0.1) is 5.56 Å². The van der Waals surface area contributed by atoms with Crippen LogP contribution in [0.1, 0.15) is 42.6 Å². The number of aromatic nitrogens is 2. The number of carboxylic acid groups (broad SMARTS) is 1. The lowest BCUT2D eigenvalue weighted by atomic mass is 10.1. The molecule has 5 nitrogen and oxygen atoms in total. The molecule has 0 amide bonds. The van der Waals surface area contributed by atoms with Gasteiger partial charge >= 0.3 is 5.97 Å². The molecule has 1 aromatic heterocycles. The van der Waals surface area contributed by atoms with E-state index in [1.165, 1.54) is 11.8 Å². The van der Waals surface area contributed by atoms with E-state index in [1.807, 2.05) is 12.1 Å². The van der Waals surface area contributed by atoms with Gasteiger partial charge in [0.25, 0.3) is 0 Å². The van der Waals surface area contributed by atoms with Crippen molar-refractivity contribution in [3.8, 4) is 0 Å². The van der Waals surface area contributed by atoms with Crippen LogP contribution in [0.15, 0.2) is 35.5 Å². The molecule has 0 aliphatic carbocycles. The Kier molecular flexibility index (Phi) is 7.52. The molecule has 0 atom stereocenters. The molecule has 0 radical (unpaired) electrons. The molecular weight excluding hydrogens is 358 g/mol. The van der Waals surface area contributed by atoms with Gasteiger partial charge in [-0.15, -0.1) is 0 Å². The molecule has 0 aliphatic heterocycles. The number of benzene rings is 1. The molecular formula is C18H22ClN3O2S. The topological polar surface area (TPSA) is 66.3 Å². The fourth-order valence-electron chi connectivity index (χ4n) is 2.38. The third-order valence-electron chi connectivity index (χ3n) is 3.54.